The van der Waals surface area contributed by atoms with E-state index in [2.05, 4.69) is 34.5 Å². The van der Waals surface area contributed by atoms with Crippen molar-refractivity contribution in [1.29, 1.82) is 0 Å². The summed E-state index contributed by atoms with van der Waals surface area (Å²) in [4.78, 5) is 2.31. The zero-order valence-corrected chi connectivity index (χ0v) is 10.5. The van der Waals surface area contributed by atoms with Crippen LogP contribution in [0.3, 0.4) is 0 Å². The molecule has 0 atom stereocenters. The summed E-state index contributed by atoms with van der Waals surface area (Å²) >= 11 is 5.78. The summed E-state index contributed by atoms with van der Waals surface area (Å²) in [5, 5.41) is 11.3. The molecule has 1 aliphatic rings. The molecule has 1 aromatic heterocycles. The van der Waals surface area contributed by atoms with Gasteiger partial charge in [0.1, 0.15) is 0 Å². The second-order valence-electron chi connectivity index (χ2n) is 4.59. The van der Waals surface area contributed by atoms with Crippen LogP contribution in [0.5, 0.6) is 0 Å². The third-order valence-corrected chi connectivity index (χ3v) is 3.66. The quantitative estimate of drug-likeness (QED) is 0.875. The molecule has 16 heavy (non-hydrogen) atoms. The Morgan fingerprint density at radius 2 is 2.25 bits per heavy atom. The monoisotopic (exact) mass is 240 g/mol. The van der Waals surface area contributed by atoms with Crippen LogP contribution >= 0.6 is 11.6 Å². The maximum atomic E-state index is 5.78. The Balaban J connectivity index is 1.96. The minimum absolute atomic E-state index is 0.301. The first-order chi connectivity index (χ1) is 7.62. The van der Waals surface area contributed by atoms with E-state index in [1.54, 1.807) is 12.3 Å². The third-order valence-electron chi connectivity index (χ3n) is 3.48. The van der Waals surface area contributed by atoms with Crippen LogP contribution in [0.1, 0.15) is 19.3 Å². The molecular weight excluding hydrogens is 224 g/mol. The van der Waals surface area contributed by atoms with Crippen molar-refractivity contribution in [3.8, 4) is 0 Å². The Labute approximate surface area is 101 Å². The van der Waals surface area contributed by atoms with Gasteiger partial charge in [0, 0.05) is 18.2 Å². The molecule has 1 aliphatic carbocycles. The number of halogens is 1. The number of rotatable bonds is 4. The summed E-state index contributed by atoms with van der Waals surface area (Å²) in [6.07, 6.45) is 5.52. The van der Waals surface area contributed by atoms with E-state index in [-0.39, 0.29) is 0 Å². The lowest BCUT2D eigenvalue weighted by Gasteiger charge is -2.47. The van der Waals surface area contributed by atoms with Crippen LogP contribution in [0, 0.1) is 0 Å². The molecule has 5 heteroatoms. The molecule has 1 fully saturated rings. The molecular formula is C11H17ClN4. The van der Waals surface area contributed by atoms with Gasteiger partial charge in [-0.1, -0.05) is 11.6 Å². The third kappa shape index (κ3) is 2.28. The first kappa shape index (κ1) is 11.6. The smallest absolute Gasteiger partial charge is 0.153 e. The number of anilines is 1. The van der Waals surface area contributed by atoms with Gasteiger partial charge in [-0.15, -0.1) is 5.10 Å². The molecule has 2 rings (SSSR count). The molecule has 0 aromatic carbocycles. The minimum atomic E-state index is 0.301. The highest BCUT2D eigenvalue weighted by atomic mass is 35.5. The van der Waals surface area contributed by atoms with Crippen LogP contribution in [-0.2, 0) is 0 Å². The number of nitrogens with zero attached hydrogens (tertiary/aromatic N) is 3. The summed E-state index contributed by atoms with van der Waals surface area (Å²) in [6, 6.07) is 1.80. The normalized spacial score (nSPS) is 18.2. The predicted molar refractivity (Wildman–Crippen MR) is 65.8 cm³/mol. The van der Waals surface area contributed by atoms with E-state index in [1.165, 1.54) is 19.3 Å². The van der Waals surface area contributed by atoms with E-state index in [0.29, 0.717) is 10.7 Å². The molecule has 1 N–H and O–H groups in total. The fourth-order valence-corrected chi connectivity index (χ4v) is 2.23. The van der Waals surface area contributed by atoms with Crippen LogP contribution in [0.25, 0.3) is 0 Å². The summed E-state index contributed by atoms with van der Waals surface area (Å²) < 4.78 is 0. The van der Waals surface area contributed by atoms with Crippen molar-refractivity contribution in [3.63, 3.8) is 0 Å². The van der Waals surface area contributed by atoms with E-state index < -0.39 is 0 Å². The molecule has 1 saturated carbocycles. The molecule has 0 unspecified atom stereocenters. The first-order valence-electron chi connectivity index (χ1n) is 5.52. The second-order valence-corrected chi connectivity index (χ2v) is 4.98. The molecule has 4 nitrogen and oxygen atoms in total. The van der Waals surface area contributed by atoms with E-state index in [9.17, 15) is 0 Å². The zero-order valence-electron chi connectivity index (χ0n) is 9.70. The van der Waals surface area contributed by atoms with Crippen LogP contribution < -0.4 is 5.32 Å². The number of aromatic nitrogens is 2. The number of nitrogens with one attached hydrogen (secondary N) is 1. The van der Waals surface area contributed by atoms with Gasteiger partial charge in [0.25, 0.3) is 0 Å². The van der Waals surface area contributed by atoms with Gasteiger partial charge in [0.15, 0.2) is 5.15 Å². The summed E-state index contributed by atoms with van der Waals surface area (Å²) in [7, 11) is 4.28. The Hall–Kier alpha value is -0.870. The molecule has 1 aromatic rings. The lowest BCUT2D eigenvalue weighted by molar-refractivity contribution is 0.0739. The van der Waals surface area contributed by atoms with Crippen molar-refractivity contribution in [1.82, 2.24) is 15.1 Å². The first-order valence-corrected chi connectivity index (χ1v) is 5.90. The van der Waals surface area contributed by atoms with Gasteiger partial charge in [-0.2, -0.15) is 5.10 Å². The van der Waals surface area contributed by atoms with Crippen molar-refractivity contribution in [3.05, 3.63) is 17.4 Å². The molecule has 0 bridgehead atoms. The van der Waals surface area contributed by atoms with E-state index >= 15 is 0 Å². The van der Waals surface area contributed by atoms with Gasteiger partial charge in [0.05, 0.1) is 11.9 Å². The summed E-state index contributed by atoms with van der Waals surface area (Å²) in [5.74, 6) is 0. The molecule has 88 valence electrons. The van der Waals surface area contributed by atoms with Crippen LogP contribution in [0.4, 0.5) is 5.69 Å². The lowest BCUT2D eigenvalue weighted by Crippen LogP contribution is -2.54. The maximum Gasteiger partial charge on any atom is 0.153 e. The zero-order chi connectivity index (χ0) is 11.6. The van der Waals surface area contributed by atoms with Crippen LogP contribution in [0.15, 0.2) is 12.3 Å². The average Bonchev–Trinajstić information content (AvgIpc) is 2.15. The summed E-state index contributed by atoms with van der Waals surface area (Å²) in [5.41, 5.74) is 1.24. The van der Waals surface area contributed by atoms with Crippen LogP contribution in [0.2, 0.25) is 5.15 Å². The number of likely N-dealkylation sites (N-methyl/N-ethyl adjacent to an activating group) is 1. The van der Waals surface area contributed by atoms with Crippen molar-refractivity contribution < 1.29 is 0 Å². The van der Waals surface area contributed by atoms with Gasteiger partial charge < -0.3 is 10.2 Å². The second kappa shape index (κ2) is 4.55. The van der Waals surface area contributed by atoms with Crippen molar-refractivity contribution in [2.75, 3.05) is 26.0 Å². The van der Waals surface area contributed by atoms with Gasteiger partial charge in [-0.05, 0) is 33.4 Å². The van der Waals surface area contributed by atoms with Gasteiger partial charge in [-0.3, -0.25) is 0 Å². The Kier molecular flexibility index (Phi) is 3.30. The van der Waals surface area contributed by atoms with Crippen molar-refractivity contribution >= 4 is 17.3 Å². The Morgan fingerprint density at radius 3 is 2.75 bits per heavy atom. The Bertz CT molecular complexity index is 363. The SMILES string of the molecule is CN(C)C1(CNc2cnnc(Cl)c2)CCC1. The highest BCUT2D eigenvalue weighted by Gasteiger charge is 2.38. The molecule has 0 saturated heterocycles. The molecule has 0 spiro atoms. The Morgan fingerprint density at radius 1 is 1.50 bits per heavy atom. The fourth-order valence-electron chi connectivity index (χ4n) is 2.07. The topological polar surface area (TPSA) is 41.0 Å². The number of hydrogen-bond acceptors (Lipinski definition) is 4. The van der Waals surface area contributed by atoms with Gasteiger partial charge in [-0.25, -0.2) is 0 Å². The van der Waals surface area contributed by atoms with Crippen molar-refractivity contribution in [2.24, 2.45) is 0 Å². The lowest BCUT2D eigenvalue weighted by atomic mass is 9.75. The van der Waals surface area contributed by atoms with Gasteiger partial charge in [0.2, 0.25) is 0 Å². The summed E-state index contributed by atoms with van der Waals surface area (Å²) in [6.45, 7) is 0.933. The highest BCUT2D eigenvalue weighted by molar-refractivity contribution is 6.29. The predicted octanol–water partition coefficient (Wildman–Crippen LogP) is 2.03. The largest absolute Gasteiger partial charge is 0.382 e. The maximum absolute atomic E-state index is 5.78. The number of hydrogen-bond donors (Lipinski definition) is 1. The van der Waals surface area contributed by atoms with E-state index in [4.69, 9.17) is 11.6 Å². The highest BCUT2D eigenvalue weighted by Crippen LogP contribution is 2.36. The van der Waals surface area contributed by atoms with E-state index in [1.807, 2.05) is 0 Å². The minimum Gasteiger partial charge on any atom is -0.382 e. The molecule has 1 heterocycles. The molecule has 0 radical (unpaired) electrons. The molecule has 0 amide bonds. The van der Waals surface area contributed by atoms with Crippen molar-refractivity contribution in [2.45, 2.75) is 24.8 Å². The molecule has 0 aliphatic heterocycles. The fraction of sp³-hybridized carbons (Fsp3) is 0.636. The standard InChI is InChI=1S/C11H17ClN4/c1-16(2)11(4-3-5-11)8-13-9-6-10(12)15-14-7-9/h6-7H,3-5,8H2,1-2H3,(H,13,15). The van der Waals surface area contributed by atoms with Gasteiger partial charge >= 0.3 is 0 Å². The van der Waals surface area contributed by atoms with E-state index in [0.717, 1.165) is 12.2 Å². The average molecular weight is 241 g/mol. The van der Waals surface area contributed by atoms with Crippen LogP contribution in [-0.4, -0.2) is 41.3 Å².